The molecule has 1 aliphatic rings. The zero-order chi connectivity index (χ0) is 22.9. The Kier molecular flexibility index (Phi) is 5.40. The van der Waals surface area contributed by atoms with Crippen molar-refractivity contribution in [2.75, 3.05) is 4.90 Å². The van der Waals surface area contributed by atoms with Crippen LogP contribution in [0.1, 0.15) is 39.4 Å². The minimum absolute atomic E-state index is 0.161. The molecule has 1 saturated heterocycles. The molecular formula is C26H22N4O2S. The normalized spacial score (nSPS) is 17.7. The zero-order valence-electron chi connectivity index (χ0n) is 17.9. The lowest BCUT2D eigenvalue weighted by atomic mass is 10.0. The Morgan fingerprint density at radius 3 is 2.52 bits per heavy atom. The molecule has 0 bridgehead atoms. The van der Waals surface area contributed by atoms with Crippen LogP contribution in [0.5, 0.6) is 0 Å². The lowest BCUT2D eigenvalue weighted by Crippen LogP contribution is -2.30. The fourth-order valence-corrected chi connectivity index (χ4v) is 4.69. The second-order valence-corrected chi connectivity index (χ2v) is 8.38. The van der Waals surface area contributed by atoms with E-state index >= 15 is 0 Å². The Bertz CT molecular complexity index is 1320. The fourth-order valence-electron chi connectivity index (χ4n) is 4.35. The van der Waals surface area contributed by atoms with E-state index in [9.17, 15) is 9.90 Å². The standard InChI is InChI=1S/C26H22N4O2S/c1-17-6-4-7-20(16-17)30-24(23(28-26(30)33)21-8-2-3-14-27-21)22-9-5-15-29(22)19-12-10-18(11-13-19)25(31)32/h2-16,23-24H,1H3,(H,28,33)(H,31,32). The number of aromatic carboxylic acids is 1. The summed E-state index contributed by atoms with van der Waals surface area (Å²) in [5.74, 6) is -0.944. The molecule has 2 N–H and O–H groups in total. The third kappa shape index (κ3) is 3.87. The molecule has 2 unspecified atom stereocenters. The first-order valence-corrected chi connectivity index (χ1v) is 11.0. The Labute approximate surface area is 197 Å². The van der Waals surface area contributed by atoms with E-state index in [1.54, 1.807) is 18.3 Å². The number of pyridine rings is 1. The number of hydrogen-bond donors (Lipinski definition) is 2. The molecular weight excluding hydrogens is 432 g/mol. The monoisotopic (exact) mass is 454 g/mol. The molecule has 0 amide bonds. The maximum absolute atomic E-state index is 11.3. The number of carbonyl (C=O) groups is 1. The van der Waals surface area contributed by atoms with E-state index in [0.29, 0.717) is 5.11 Å². The molecule has 2 aromatic carbocycles. The molecule has 5 rings (SSSR count). The number of nitrogens with zero attached hydrogens (tertiary/aromatic N) is 3. The Balaban J connectivity index is 1.64. The van der Waals surface area contributed by atoms with Crippen LogP contribution in [0.15, 0.2) is 91.3 Å². The van der Waals surface area contributed by atoms with Crippen molar-refractivity contribution in [2.24, 2.45) is 0 Å². The Morgan fingerprint density at radius 1 is 1.00 bits per heavy atom. The van der Waals surface area contributed by atoms with Crippen molar-refractivity contribution < 1.29 is 9.90 Å². The highest BCUT2D eigenvalue weighted by Gasteiger charge is 2.42. The average molecular weight is 455 g/mol. The van der Waals surface area contributed by atoms with Crippen molar-refractivity contribution >= 4 is 29.0 Å². The third-order valence-electron chi connectivity index (χ3n) is 5.85. The van der Waals surface area contributed by atoms with E-state index in [1.165, 1.54) is 0 Å². The van der Waals surface area contributed by atoms with Gasteiger partial charge in [0.25, 0.3) is 0 Å². The number of carboxylic acids is 1. The molecule has 1 fully saturated rings. The fraction of sp³-hybridized carbons (Fsp3) is 0.115. The minimum atomic E-state index is -0.944. The van der Waals surface area contributed by atoms with Gasteiger partial charge < -0.3 is 19.9 Å². The molecule has 164 valence electrons. The van der Waals surface area contributed by atoms with Gasteiger partial charge in [-0.15, -0.1) is 0 Å². The highest BCUT2D eigenvalue weighted by atomic mass is 32.1. The van der Waals surface area contributed by atoms with E-state index in [0.717, 1.165) is 28.3 Å². The molecule has 6 nitrogen and oxygen atoms in total. The number of rotatable bonds is 5. The minimum Gasteiger partial charge on any atom is -0.478 e. The Hall–Kier alpha value is -3.97. The summed E-state index contributed by atoms with van der Waals surface area (Å²) < 4.78 is 2.07. The lowest BCUT2D eigenvalue weighted by molar-refractivity contribution is 0.0697. The number of aromatic nitrogens is 2. The molecule has 4 aromatic rings. The molecule has 0 spiro atoms. The van der Waals surface area contributed by atoms with Crippen LogP contribution in [0.2, 0.25) is 0 Å². The molecule has 2 atom stereocenters. The van der Waals surface area contributed by atoms with Crippen molar-refractivity contribution in [3.8, 4) is 5.69 Å². The first kappa shape index (κ1) is 20.9. The molecule has 0 saturated carbocycles. The molecule has 33 heavy (non-hydrogen) atoms. The summed E-state index contributed by atoms with van der Waals surface area (Å²) in [4.78, 5) is 18.0. The van der Waals surface area contributed by atoms with Crippen LogP contribution in [0.25, 0.3) is 5.69 Å². The van der Waals surface area contributed by atoms with Gasteiger partial charge in [0.1, 0.15) is 6.04 Å². The summed E-state index contributed by atoms with van der Waals surface area (Å²) in [5, 5.41) is 13.4. The largest absolute Gasteiger partial charge is 0.478 e. The second-order valence-electron chi connectivity index (χ2n) is 7.99. The average Bonchev–Trinajstić information content (AvgIpc) is 3.44. The van der Waals surface area contributed by atoms with Crippen LogP contribution in [0.4, 0.5) is 5.69 Å². The van der Waals surface area contributed by atoms with Crippen molar-refractivity contribution in [1.29, 1.82) is 0 Å². The van der Waals surface area contributed by atoms with Crippen LogP contribution in [0, 0.1) is 6.92 Å². The number of carboxylic acid groups (broad SMARTS) is 1. The Morgan fingerprint density at radius 2 is 1.82 bits per heavy atom. The maximum atomic E-state index is 11.3. The van der Waals surface area contributed by atoms with Gasteiger partial charge in [-0.2, -0.15) is 0 Å². The van der Waals surface area contributed by atoms with E-state index in [-0.39, 0.29) is 17.6 Å². The van der Waals surface area contributed by atoms with Crippen molar-refractivity contribution in [3.05, 3.63) is 114 Å². The number of hydrogen-bond acceptors (Lipinski definition) is 3. The van der Waals surface area contributed by atoms with Gasteiger partial charge >= 0.3 is 5.97 Å². The molecule has 0 aliphatic carbocycles. The molecule has 1 aliphatic heterocycles. The SMILES string of the molecule is Cc1cccc(N2C(=S)NC(c3ccccn3)C2c2cccn2-c2ccc(C(=O)O)cc2)c1. The topological polar surface area (TPSA) is 70.4 Å². The summed E-state index contributed by atoms with van der Waals surface area (Å²) in [6, 6.07) is 24.8. The van der Waals surface area contributed by atoms with Gasteiger partial charge in [0.05, 0.1) is 17.3 Å². The summed E-state index contributed by atoms with van der Waals surface area (Å²) in [6.07, 6.45) is 3.77. The molecule has 2 aromatic heterocycles. The zero-order valence-corrected chi connectivity index (χ0v) is 18.7. The highest BCUT2D eigenvalue weighted by molar-refractivity contribution is 7.80. The van der Waals surface area contributed by atoms with Crippen molar-refractivity contribution in [3.63, 3.8) is 0 Å². The van der Waals surface area contributed by atoms with E-state index < -0.39 is 5.97 Å². The lowest BCUT2D eigenvalue weighted by Gasteiger charge is -2.29. The number of benzene rings is 2. The number of nitrogens with one attached hydrogen (secondary N) is 1. The van der Waals surface area contributed by atoms with Gasteiger partial charge in [-0.1, -0.05) is 18.2 Å². The van der Waals surface area contributed by atoms with Gasteiger partial charge in [0.2, 0.25) is 0 Å². The van der Waals surface area contributed by atoms with E-state index in [4.69, 9.17) is 12.2 Å². The smallest absolute Gasteiger partial charge is 0.335 e. The van der Waals surface area contributed by atoms with Crippen LogP contribution < -0.4 is 10.2 Å². The molecule has 3 heterocycles. The molecule has 0 radical (unpaired) electrons. The van der Waals surface area contributed by atoms with E-state index in [2.05, 4.69) is 51.0 Å². The summed E-state index contributed by atoms with van der Waals surface area (Å²) in [5.41, 5.74) is 5.20. The third-order valence-corrected chi connectivity index (χ3v) is 6.17. The quantitative estimate of drug-likeness (QED) is 0.411. The van der Waals surface area contributed by atoms with Crippen LogP contribution >= 0.6 is 12.2 Å². The van der Waals surface area contributed by atoms with Gasteiger partial charge in [0.15, 0.2) is 5.11 Å². The summed E-state index contributed by atoms with van der Waals surface area (Å²) >= 11 is 5.81. The predicted molar refractivity (Wildman–Crippen MR) is 132 cm³/mol. The van der Waals surface area contributed by atoms with Gasteiger partial charge in [0, 0.05) is 29.5 Å². The number of aryl methyl sites for hydroxylation is 1. The maximum Gasteiger partial charge on any atom is 0.335 e. The van der Waals surface area contributed by atoms with Crippen LogP contribution in [-0.2, 0) is 0 Å². The number of thiocarbonyl (C=S) groups is 1. The van der Waals surface area contributed by atoms with Crippen molar-refractivity contribution in [2.45, 2.75) is 19.0 Å². The van der Waals surface area contributed by atoms with Gasteiger partial charge in [-0.05, 0) is 85.4 Å². The van der Waals surface area contributed by atoms with Crippen molar-refractivity contribution in [1.82, 2.24) is 14.9 Å². The second kappa shape index (κ2) is 8.52. The first-order chi connectivity index (χ1) is 16.0. The van der Waals surface area contributed by atoms with Gasteiger partial charge in [-0.3, -0.25) is 4.98 Å². The molecule has 7 heteroatoms. The first-order valence-electron chi connectivity index (χ1n) is 10.6. The summed E-state index contributed by atoms with van der Waals surface area (Å²) in [6.45, 7) is 2.06. The highest BCUT2D eigenvalue weighted by Crippen LogP contribution is 2.42. The predicted octanol–water partition coefficient (Wildman–Crippen LogP) is 5.06. The number of anilines is 1. The van der Waals surface area contributed by atoms with Gasteiger partial charge in [-0.25, -0.2) is 4.79 Å². The van der Waals surface area contributed by atoms with Crippen LogP contribution in [0.3, 0.4) is 0 Å². The summed E-state index contributed by atoms with van der Waals surface area (Å²) in [7, 11) is 0. The van der Waals surface area contributed by atoms with E-state index in [1.807, 2.05) is 48.7 Å². The van der Waals surface area contributed by atoms with Crippen LogP contribution in [-0.4, -0.2) is 25.7 Å².